The second-order valence-corrected chi connectivity index (χ2v) is 10.1. The van der Waals surface area contributed by atoms with E-state index in [4.69, 9.17) is 0 Å². The van der Waals surface area contributed by atoms with Gasteiger partial charge < -0.3 is 4.90 Å². The van der Waals surface area contributed by atoms with Crippen molar-refractivity contribution in [1.29, 1.82) is 0 Å². The van der Waals surface area contributed by atoms with E-state index in [0.29, 0.717) is 24.3 Å². The number of benzene rings is 2. The summed E-state index contributed by atoms with van der Waals surface area (Å²) in [7, 11) is -3.81. The molecule has 0 aliphatic carbocycles. The number of piperazine rings is 1. The van der Waals surface area contributed by atoms with E-state index in [1.165, 1.54) is 12.1 Å². The average Bonchev–Trinajstić information content (AvgIpc) is 2.80. The summed E-state index contributed by atoms with van der Waals surface area (Å²) < 4.78 is 28.5. The van der Waals surface area contributed by atoms with Gasteiger partial charge in [0.25, 0.3) is 15.9 Å². The van der Waals surface area contributed by atoms with E-state index >= 15 is 0 Å². The zero-order chi connectivity index (χ0) is 23.4. The first-order valence-corrected chi connectivity index (χ1v) is 12.4. The number of carbonyl (C=O) groups is 1. The van der Waals surface area contributed by atoms with E-state index in [0.717, 1.165) is 36.3 Å². The number of aromatic nitrogens is 1. The van der Waals surface area contributed by atoms with Crippen LogP contribution in [0.25, 0.3) is 0 Å². The van der Waals surface area contributed by atoms with Gasteiger partial charge in [-0.3, -0.25) is 19.4 Å². The van der Waals surface area contributed by atoms with Gasteiger partial charge in [0.05, 0.1) is 4.90 Å². The van der Waals surface area contributed by atoms with Crippen molar-refractivity contribution in [2.45, 2.75) is 25.3 Å². The van der Waals surface area contributed by atoms with Crippen LogP contribution in [0.4, 0.5) is 5.69 Å². The van der Waals surface area contributed by atoms with E-state index in [-0.39, 0.29) is 10.8 Å². The Bertz CT molecular complexity index is 1240. The molecule has 7 nitrogen and oxygen atoms in total. The van der Waals surface area contributed by atoms with Crippen molar-refractivity contribution in [3.63, 3.8) is 0 Å². The Morgan fingerprint density at radius 1 is 1.00 bits per heavy atom. The molecule has 0 atom stereocenters. The molecule has 8 heteroatoms. The van der Waals surface area contributed by atoms with Crippen LogP contribution in [0, 0.1) is 13.8 Å². The van der Waals surface area contributed by atoms with Gasteiger partial charge in [-0.25, -0.2) is 8.42 Å². The van der Waals surface area contributed by atoms with Crippen molar-refractivity contribution in [3.8, 4) is 0 Å². The Balaban J connectivity index is 1.45. The topological polar surface area (TPSA) is 82.6 Å². The number of sulfonamides is 1. The van der Waals surface area contributed by atoms with Crippen LogP contribution in [-0.2, 0) is 16.6 Å². The number of anilines is 1. The SMILES string of the molecule is Cc1cccc(NS(=O)(=O)c2ccc(C)c(C(=O)N3CCN(Cc4cccnc4)CC3)c2)c1. The number of nitrogens with one attached hydrogen (secondary N) is 1. The summed E-state index contributed by atoms with van der Waals surface area (Å²) in [6.45, 7) is 7.23. The smallest absolute Gasteiger partial charge is 0.261 e. The molecule has 1 aliphatic heterocycles. The summed E-state index contributed by atoms with van der Waals surface area (Å²) in [5.74, 6) is -0.138. The van der Waals surface area contributed by atoms with Gasteiger partial charge in [0, 0.05) is 56.4 Å². The summed E-state index contributed by atoms with van der Waals surface area (Å²) in [6, 6.07) is 15.8. The Labute approximate surface area is 195 Å². The zero-order valence-corrected chi connectivity index (χ0v) is 19.7. The van der Waals surface area contributed by atoms with Gasteiger partial charge in [-0.15, -0.1) is 0 Å². The lowest BCUT2D eigenvalue weighted by Gasteiger charge is -2.35. The number of nitrogens with zero attached hydrogens (tertiary/aromatic N) is 3. The van der Waals surface area contributed by atoms with Crippen LogP contribution in [0.15, 0.2) is 71.9 Å². The van der Waals surface area contributed by atoms with Crippen LogP contribution in [-0.4, -0.2) is 55.3 Å². The molecule has 2 aromatic carbocycles. The Morgan fingerprint density at radius 3 is 2.48 bits per heavy atom. The summed E-state index contributed by atoms with van der Waals surface area (Å²) in [5, 5.41) is 0. The van der Waals surface area contributed by atoms with E-state index < -0.39 is 10.0 Å². The molecule has 0 spiro atoms. The third kappa shape index (κ3) is 5.58. The molecule has 0 saturated carbocycles. The molecule has 1 amide bonds. The van der Waals surface area contributed by atoms with Crippen LogP contribution >= 0.6 is 0 Å². The van der Waals surface area contributed by atoms with Crippen molar-refractivity contribution < 1.29 is 13.2 Å². The maximum atomic E-state index is 13.2. The second kappa shape index (κ2) is 9.72. The third-order valence-corrected chi connectivity index (χ3v) is 7.19. The summed E-state index contributed by atoms with van der Waals surface area (Å²) in [6.07, 6.45) is 3.62. The largest absolute Gasteiger partial charge is 0.336 e. The van der Waals surface area contributed by atoms with Gasteiger partial charge >= 0.3 is 0 Å². The lowest BCUT2D eigenvalue weighted by molar-refractivity contribution is 0.0627. The molecular weight excluding hydrogens is 436 g/mol. The highest BCUT2D eigenvalue weighted by Gasteiger charge is 2.25. The Kier molecular flexibility index (Phi) is 6.76. The molecule has 1 saturated heterocycles. The molecule has 1 fully saturated rings. The monoisotopic (exact) mass is 464 g/mol. The average molecular weight is 465 g/mol. The zero-order valence-electron chi connectivity index (χ0n) is 18.9. The number of pyridine rings is 1. The van der Waals surface area contributed by atoms with Gasteiger partial charge in [-0.1, -0.05) is 24.3 Å². The van der Waals surface area contributed by atoms with Gasteiger partial charge in [-0.05, 0) is 60.9 Å². The third-order valence-electron chi connectivity index (χ3n) is 5.81. The normalized spacial score (nSPS) is 14.8. The van der Waals surface area contributed by atoms with E-state index in [1.807, 2.05) is 38.2 Å². The lowest BCUT2D eigenvalue weighted by atomic mass is 10.1. The van der Waals surface area contributed by atoms with Crippen LogP contribution in [0.1, 0.15) is 27.0 Å². The van der Waals surface area contributed by atoms with Crippen molar-refractivity contribution in [3.05, 3.63) is 89.2 Å². The molecule has 0 bridgehead atoms. The first kappa shape index (κ1) is 22.9. The molecule has 3 aromatic rings. The minimum Gasteiger partial charge on any atom is -0.336 e. The van der Waals surface area contributed by atoms with Crippen LogP contribution in [0.3, 0.4) is 0 Å². The van der Waals surface area contributed by atoms with Gasteiger partial charge in [0.2, 0.25) is 0 Å². The quantitative estimate of drug-likeness (QED) is 0.604. The lowest BCUT2D eigenvalue weighted by Crippen LogP contribution is -2.48. The molecule has 172 valence electrons. The minimum atomic E-state index is -3.81. The molecule has 0 unspecified atom stereocenters. The first-order valence-electron chi connectivity index (χ1n) is 10.9. The fourth-order valence-electron chi connectivity index (χ4n) is 3.95. The Hall–Kier alpha value is -3.23. The maximum absolute atomic E-state index is 13.2. The Morgan fingerprint density at radius 2 is 1.79 bits per heavy atom. The maximum Gasteiger partial charge on any atom is 0.261 e. The number of hydrogen-bond acceptors (Lipinski definition) is 5. The molecule has 1 aliphatic rings. The van der Waals surface area contributed by atoms with Crippen molar-refractivity contribution in [2.24, 2.45) is 0 Å². The first-order chi connectivity index (χ1) is 15.8. The molecule has 4 rings (SSSR count). The second-order valence-electron chi connectivity index (χ2n) is 8.38. The van der Waals surface area contributed by atoms with Gasteiger partial charge in [0.15, 0.2) is 0 Å². The number of aryl methyl sites for hydroxylation is 2. The summed E-state index contributed by atoms with van der Waals surface area (Å²) in [5.41, 5.74) is 3.77. The van der Waals surface area contributed by atoms with Crippen molar-refractivity contribution in [1.82, 2.24) is 14.8 Å². The van der Waals surface area contributed by atoms with Crippen molar-refractivity contribution in [2.75, 3.05) is 30.9 Å². The van der Waals surface area contributed by atoms with E-state index in [2.05, 4.69) is 14.6 Å². The van der Waals surface area contributed by atoms with Crippen LogP contribution < -0.4 is 4.72 Å². The standard InChI is InChI=1S/C25H28N4O3S/c1-19-5-3-7-22(15-19)27-33(31,32)23-9-8-20(2)24(16-23)25(30)29-13-11-28(12-14-29)18-21-6-4-10-26-17-21/h3-10,15-17,27H,11-14,18H2,1-2H3. The van der Waals surface area contributed by atoms with Gasteiger partial charge in [0.1, 0.15) is 0 Å². The van der Waals surface area contributed by atoms with Gasteiger partial charge in [-0.2, -0.15) is 0 Å². The number of rotatable bonds is 6. The van der Waals surface area contributed by atoms with Crippen LogP contribution in [0.2, 0.25) is 0 Å². The van der Waals surface area contributed by atoms with E-state index in [9.17, 15) is 13.2 Å². The minimum absolute atomic E-state index is 0.0770. The highest BCUT2D eigenvalue weighted by atomic mass is 32.2. The highest BCUT2D eigenvalue weighted by Crippen LogP contribution is 2.22. The molecule has 1 aromatic heterocycles. The molecule has 0 radical (unpaired) electrons. The van der Waals surface area contributed by atoms with Crippen LogP contribution in [0.5, 0.6) is 0 Å². The van der Waals surface area contributed by atoms with E-state index in [1.54, 1.807) is 35.4 Å². The molecule has 2 heterocycles. The fourth-order valence-corrected chi connectivity index (χ4v) is 5.03. The molecule has 33 heavy (non-hydrogen) atoms. The molecule has 1 N–H and O–H groups in total. The number of amides is 1. The number of hydrogen-bond donors (Lipinski definition) is 1. The molecular formula is C25H28N4O3S. The predicted octanol–water partition coefficient (Wildman–Crippen LogP) is 3.46. The highest BCUT2D eigenvalue weighted by molar-refractivity contribution is 7.92. The summed E-state index contributed by atoms with van der Waals surface area (Å²) >= 11 is 0. The van der Waals surface area contributed by atoms with Crippen molar-refractivity contribution >= 4 is 21.6 Å². The number of carbonyl (C=O) groups excluding carboxylic acids is 1. The predicted molar refractivity (Wildman–Crippen MR) is 129 cm³/mol. The fraction of sp³-hybridized carbons (Fsp3) is 0.280. The summed E-state index contributed by atoms with van der Waals surface area (Å²) in [4.78, 5) is 21.6.